The van der Waals surface area contributed by atoms with Crippen molar-refractivity contribution in [2.45, 2.75) is 59.0 Å². The van der Waals surface area contributed by atoms with Gasteiger partial charge >= 0.3 is 6.16 Å². The lowest BCUT2D eigenvalue weighted by atomic mass is 9.85. The van der Waals surface area contributed by atoms with Gasteiger partial charge in [-0.1, -0.05) is 52.0 Å². The minimum Gasteiger partial charge on any atom is -0.497 e. The van der Waals surface area contributed by atoms with E-state index in [1.807, 2.05) is 83.1 Å². The van der Waals surface area contributed by atoms with Crippen LogP contribution in [0.4, 0.5) is 4.79 Å². The summed E-state index contributed by atoms with van der Waals surface area (Å²) in [7, 11) is 4.59. The highest BCUT2D eigenvalue weighted by atomic mass is 16.7. The number of methoxy groups -OCH3 is 3. The molecule has 46 heavy (non-hydrogen) atoms. The third-order valence-electron chi connectivity index (χ3n) is 7.17. The molecule has 11 heteroatoms. The largest absolute Gasteiger partial charge is 0.514 e. The Labute approximate surface area is 270 Å². The Kier molecular flexibility index (Phi) is 13.2. The molecule has 2 aromatic carbocycles. The van der Waals surface area contributed by atoms with Crippen LogP contribution in [-0.2, 0) is 9.53 Å². The lowest BCUT2D eigenvalue weighted by Gasteiger charge is -2.29. The lowest BCUT2D eigenvalue weighted by Crippen LogP contribution is -2.51. The predicted molar refractivity (Wildman–Crippen MR) is 174 cm³/mol. The fraction of sp³-hybridized carbons (Fsp3) is 0.429. The average Bonchev–Trinajstić information content (AvgIpc) is 3.04. The molecule has 0 radical (unpaired) electrons. The molecular formula is C35H45N3O8. The fourth-order valence-corrected chi connectivity index (χ4v) is 4.93. The molecule has 0 aliphatic carbocycles. The first kappa shape index (κ1) is 35.7. The quantitative estimate of drug-likeness (QED) is 0.200. The van der Waals surface area contributed by atoms with Crippen molar-refractivity contribution in [2.24, 2.45) is 11.8 Å². The predicted octanol–water partition coefficient (Wildman–Crippen LogP) is 5.76. The summed E-state index contributed by atoms with van der Waals surface area (Å²) >= 11 is 0. The summed E-state index contributed by atoms with van der Waals surface area (Å²) in [5.74, 6) is 0.183. The Morgan fingerprint density at radius 1 is 0.739 bits per heavy atom. The van der Waals surface area contributed by atoms with Crippen LogP contribution in [0.1, 0.15) is 68.6 Å². The van der Waals surface area contributed by atoms with Gasteiger partial charge in [-0.2, -0.15) is 0 Å². The van der Waals surface area contributed by atoms with Crippen LogP contribution in [0.25, 0.3) is 0 Å². The molecule has 0 aliphatic rings. The second kappa shape index (κ2) is 17.0. The highest BCUT2D eigenvalue weighted by molar-refractivity contribution is 5.99. The zero-order valence-electron chi connectivity index (χ0n) is 27.8. The number of ether oxygens (including phenoxy) is 5. The first-order valence-corrected chi connectivity index (χ1v) is 15.2. The molecule has 3 rings (SSSR count). The SMILES string of the molecule is COc1ccc(C(c2ccc(OC)cc2)[C@H](C)NC(=O)[C@H](CC(C)C)NC(=O)c2nccc(OC)c2OC(=O)OCC(C)C)cc1. The number of aromatic nitrogens is 1. The molecule has 0 spiro atoms. The van der Waals surface area contributed by atoms with E-state index in [1.165, 1.54) is 19.4 Å². The van der Waals surface area contributed by atoms with Crippen molar-refractivity contribution >= 4 is 18.0 Å². The molecular weight excluding hydrogens is 590 g/mol. The maximum Gasteiger partial charge on any atom is 0.514 e. The Bertz CT molecular complexity index is 1390. The summed E-state index contributed by atoms with van der Waals surface area (Å²) in [6.45, 7) is 9.73. The average molecular weight is 636 g/mol. The maximum atomic E-state index is 13.8. The Morgan fingerprint density at radius 3 is 1.78 bits per heavy atom. The number of benzene rings is 2. The van der Waals surface area contributed by atoms with Crippen LogP contribution in [0.2, 0.25) is 0 Å². The number of rotatable bonds is 15. The van der Waals surface area contributed by atoms with E-state index in [2.05, 4.69) is 15.6 Å². The monoisotopic (exact) mass is 635 g/mol. The van der Waals surface area contributed by atoms with Gasteiger partial charge in [0.1, 0.15) is 17.5 Å². The topological polar surface area (TPSA) is 134 Å². The molecule has 0 aliphatic heterocycles. The number of nitrogens with one attached hydrogen (secondary N) is 2. The van der Waals surface area contributed by atoms with Crippen LogP contribution in [0.15, 0.2) is 60.8 Å². The highest BCUT2D eigenvalue weighted by Crippen LogP contribution is 2.32. The third kappa shape index (κ3) is 9.85. The molecule has 2 atom stereocenters. The van der Waals surface area contributed by atoms with Gasteiger partial charge in [-0.05, 0) is 60.6 Å². The lowest BCUT2D eigenvalue weighted by molar-refractivity contribution is -0.124. The van der Waals surface area contributed by atoms with E-state index < -0.39 is 18.1 Å². The summed E-state index contributed by atoms with van der Waals surface area (Å²) in [6, 6.07) is 15.5. The Balaban J connectivity index is 1.88. The molecule has 0 bridgehead atoms. The Morgan fingerprint density at radius 2 is 1.30 bits per heavy atom. The number of hydrogen-bond acceptors (Lipinski definition) is 9. The van der Waals surface area contributed by atoms with E-state index in [4.69, 9.17) is 23.7 Å². The number of carbonyl (C=O) groups excluding carboxylic acids is 3. The second-order valence-electron chi connectivity index (χ2n) is 11.7. The van der Waals surface area contributed by atoms with E-state index in [-0.39, 0.29) is 53.5 Å². The zero-order valence-corrected chi connectivity index (χ0v) is 27.8. The second-order valence-corrected chi connectivity index (χ2v) is 11.7. The van der Waals surface area contributed by atoms with Gasteiger partial charge in [-0.15, -0.1) is 0 Å². The van der Waals surface area contributed by atoms with Crippen LogP contribution in [-0.4, -0.2) is 63.0 Å². The van der Waals surface area contributed by atoms with Gasteiger partial charge in [0, 0.05) is 24.2 Å². The van der Waals surface area contributed by atoms with Gasteiger partial charge < -0.3 is 34.3 Å². The van der Waals surface area contributed by atoms with E-state index in [0.717, 1.165) is 22.6 Å². The van der Waals surface area contributed by atoms with Gasteiger partial charge in [0.05, 0.1) is 27.9 Å². The number of amides is 2. The molecule has 1 aromatic heterocycles. The van der Waals surface area contributed by atoms with Crippen molar-refractivity contribution in [2.75, 3.05) is 27.9 Å². The van der Waals surface area contributed by atoms with E-state index in [1.54, 1.807) is 14.2 Å². The Hall–Kier alpha value is -4.80. The van der Waals surface area contributed by atoms with Gasteiger partial charge in [0.25, 0.3) is 5.91 Å². The minimum absolute atomic E-state index is 0.0605. The zero-order chi connectivity index (χ0) is 33.8. The summed E-state index contributed by atoms with van der Waals surface area (Å²) < 4.78 is 26.5. The normalized spacial score (nSPS) is 12.3. The third-order valence-corrected chi connectivity index (χ3v) is 7.17. The van der Waals surface area contributed by atoms with Crippen molar-refractivity contribution in [3.63, 3.8) is 0 Å². The standard InChI is InChI=1S/C35H45N3O8/c1-21(2)19-28(38-34(40)31-32(29(44-8)17-18-36-31)46-35(41)45-20-22(3)4)33(39)37-23(5)30(24-9-13-26(42-6)14-10-24)25-11-15-27(43-7)16-12-25/h9-18,21-23,28,30H,19-20H2,1-8H3,(H,37,39)(H,38,40)/t23-,28-/m0/s1. The number of hydrogen-bond donors (Lipinski definition) is 2. The van der Waals surface area contributed by atoms with Crippen molar-refractivity contribution in [3.05, 3.63) is 77.6 Å². The van der Waals surface area contributed by atoms with Crippen molar-refractivity contribution < 1.29 is 38.1 Å². The van der Waals surface area contributed by atoms with Crippen molar-refractivity contribution in [3.8, 4) is 23.0 Å². The molecule has 0 saturated heterocycles. The van der Waals surface area contributed by atoms with Crippen LogP contribution in [0, 0.1) is 11.8 Å². The van der Waals surface area contributed by atoms with Crippen LogP contribution in [0.5, 0.6) is 23.0 Å². The molecule has 0 fully saturated rings. The van der Waals surface area contributed by atoms with Crippen LogP contribution in [0.3, 0.4) is 0 Å². The first-order valence-electron chi connectivity index (χ1n) is 15.2. The molecule has 0 unspecified atom stereocenters. The summed E-state index contributed by atoms with van der Waals surface area (Å²) in [5.41, 5.74) is 1.72. The van der Waals surface area contributed by atoms with Crippen molar-refractivity contribution in [1.82, 2.24) is 15.6 Å². The molecule has 3 aromatic rings. The number of carbonyl (C=O) groups is 3. The molecule has 2 N–H and O–H groups in total. The molecule has 11 nitrogen and oxygen atoms in total. The van der Waals surface area contributed by atoms with Gasteiger partial charge in [0.2, 0.25) is 11.7 Å². The van der Waals surface area contributed by atoms with Crippen LogP contribution >= 0.6 is 0 Å². The maximum absolute atomic E-state index is 13.8. The van der Waals surface area contributed by atoms with E-state index in [9.17, 15) is 14.4 Å². The molecule has 0 saturated carbocycles. The highest BCUT2D eigenvalue weighted by Gasteiger charge is 2.30. The molecule has 1 heterocycles. The van der Waals surface area contributed by atoms with Crippen LogP contribution < -0.4 is 29.6 Å². The summed E-state index contributed by atoms with van der Waals surface area (Å²) in [6.07, 6.45) is 0.701. The minimum atomic E-state index is -0.998. The smallest absolute Gasteiger partial charge is 0.497 e. The van der Waals surface area contributed by atoms with E-state index in [0.29, 0.717) is 6.42 Å². The van der Waals surface area contributed by atoms with Crippen molar-refractivity contribution in [1.29, 1.82) is 0 Å². The van der Waals surface area contributed by atoms with Gasteiger partial charge in [-0.25, -0.2) is 9.78 Å². The molecule has 2 amide bonds. The molecule has 248 valence electrons. The fourth-order valence-electron chi connectivity index (χ4n) is 4.93. The first-order chi connectivity index (χ1) is 22.0. The van der Waals surface area contributed by atoms with Gasteiger partial charge in [0.15, 0.2) is 11.4 Å². The van der Waals surface area contributed by atoms with E-state index >= 15 is 0 Å². The summed E-state index contributed by atoms with van der Waals surface area (Å²) in [5, 5.41) is 5.93. The number of pyridine rings is 1. The summed E-state index contributed by atoms with van der Waals surface area (Å²) in [4.78, 5) is 44.0. The van der Waals surface area contributed by atoms with Gasteiger partial charge in [-0.3, -0.25) is 9.59 Å². The number of nitrogens with zero attached hydrogens (tertiary/aromatic N) is 1.